The highest BCUT2D eigenvalue weighted by molar-refractivity contribution is 7.89. The molecule has 0 bridgehead atoms. The van der Waals surface area contributed by atoms with Gasteiger partial charge in [-0.15, -0.1) is 0 Å². The van der Waals surface area contributed by atoms with Crippen LogP contribution in [0.3, 0.4) is 0 Å². The van der Waals surface area contributed by atoms with Crippen molar-refractivity contribution >= 4 is 28.0 Å². The zero-order chi connectivity index (χ0) is 20.4. The lowest BCUT2D eigenvalue weighted by molar-refractivity contribution is -0.143. The second-order valence-corrected chi connectivity index (χ2v) is 8.17. The van der Waals surface area contributed by atoms with Crippen LogP contribution in [0.25, 0.3) is 6.08 Å². The maximum atomic E-state index is 12.5. The minimum atomic E-state index is -3.54. The minimum Gasteiger partial charge on any atom is -0.452 e. The standard InChI is InChI=1S/C19H26N2O6S/c1-2-3-10-20-18(22)15-27-19(23)9-6-16-4-7-17(8-5-16)28(24,25)21-11-13-26-14-12-21/h4-9H,2-3,10-15H2,1H3,(H,20,22)/b9-6+. The molecular formula is C19H26N2O6S. The first-order valence-electron chi connectivity index (χ1n) is 9.23. The number of ether oxygens (including phenoxy) is 2. The lowest BCUT2D eigenvalue weighted by Crippen LogP contribution is -2.40. The van der Waals surface area contributed by atoms with E-state index < -0.39 is 16.0 Å². The molecule has 1 aromatic carbocycles. The first kappa shape index (κ1) is 22.1. The average molecular weight is 410 g/mol. The van der Waals surface area contributed by atoms with E-state index >= 15 is 0 Å². The molecule has 1 aromatic rings. The maximum Gasteiger partial charge on any atom is 0.331 e. The van der Waals surface area contributed by atoms with Gasteiger partial charge in [0.15, 0.2) is 6.61 Å². The van der Waals surface area contributed by atoms with Crippen molar-refractivity contribution < 1.29 is 27.5 Å². The third-order valence-electron chi connectivity index (χ3n) is 4.10. The number of morpholine rings is 1. The number of rotatable bonds is 9. The molecule has 0 spiro atoms. The Balaban J connectivity index is 1.86. The highest BCUT2D eigenvalue weighted by Gasteiger charge is 2.25. The van der Waals surface area contributed by atoms with Crippen LogP contribution < -0.4 is 5.32 Å². The van der Waals surface area contributed by atoms with Gasteiger partial charge in [0.2, 0.25) is 10.0 Å². The second-order valence-electron chi connectivity index (χ2n) is 6.23. The van der Waals surface area contributed by atoms with Gasteiger partial charge in [-0.05, 0) is 30.2 Å². The van der Waals surface area contributed by atoms with E-state index in [2.05, 4.69) is 5.32 Å². The molecule has 1 amide bonds. The molecule has 1 saturated heterocycles. The number of amides is 1. The molecule has 28 heavy (non-hydrogen) atoms. The highest BCUT2D eigenvalue weighted by Crippen LogP contribution is 2.18. The molecule has 1 aliphatic heterocycles. The van der Waals surface area contributed by atoms with Crippen LogP contribution in [0.15, 0.2) is 35.2 Å². The summed E-state index contributed by atoms with van der Waals surface area (Å²) < 4.78 is 36.5. The fourth-order valence-corrected chi connectivity index (χ4v) is 3.90. The summed E-state index contributed by atoms with van der Waals surface area (Å²) in [5.74, 6) is -0.983. The van der Waals surface area contributed by atoms with Gasteiger partial charge in [-0.2, -0.15) is 4.31 Å². The quantitative estimate of drug-likeness (QED) is 0.373. The Labute approximate surface area is 165 Å². The molecule has 2 rings (SSSR count). The number of unbranched alkanes of at least 4 members (excludes halogenated alkanes) is 1. The van der Waals surface area contributed by atoms with Gasteiger partial charge in [0.25, 0.3) is 5.91 Å². The van der Waals surface area contributed by atoms with E-state index in [4.69, 9.17) is 9.47 Å². The Bertz CT molecular complexity index is 783. The van der Waals surface area contributed by atoms with Crippen LogP contribution in [0.2, 0.25) is 0 Å². The van der Waals surface area contributed by atoms with Crippen LogP contribution in [-0.4, -0.2) is 64.1 Å². The van der Waals surface area contributed by atoms with Gasteiger partial charge in [-0.3, -0.25) is 4.79 Å². The van der Waals surface area contributed by atoms with E-state index in [1.165, 1.54) is 28.6 Å². The summed E-state index contributed by atoms with van der Waals surface area (Å²) in [5, 5.41) is 2.65. The Hall–Kier alpha value is -2.23. The van der Waals surface area contributed by atoms with E-state index in [1.54, 1.807) is 12.1 Å². The maximum absolute atomic E-state index is 12.5. The predicted molar refractivity (Wildman–Crippen MR) is 104 cm³/mol. The Morgan fingerprint density at radius 3 is 2.54 bits per heavy atom. The SMILES string of the molecule is CCCCNC(=O)COC(=O)/C=C/c1ccc(S(=O)(=O)N2CCOCC2)cc1. The number of nitrogens with zero attached hydrogens (tertiary/aromatic N) is 1. The number of esters is 1. The van der Waals surface area contributed by atoms with E-state index in [1.807, 2.05) is 6.92 Å². The first-order chi connectivity index (χ1) is 13.4. The molecule has 9 heteroatoms. The van der Waals surface area contributed by atoms with Gasteiger partial charge < -0.3 is 14.8 Å². The molecule has 0 aromatic heterocycles. The van der Waals surface area contributed by atoms with E-state index in [0.717, 1.165) is 12.8 Å². The van der Waals surface area contributed by atoms with Crippen LogP contribution >= 0.6 is 0 Å². The van der Waals surface area contributed by atoms with Crippen molar-refractivity contribution in [3.63, 3.8) is 0 Å². The Morgan fingerprint density at radius 1 is 1.21 bits per heavy atom. The monoisotopic (exact) mass is 410 g/mol. The average Bonchev–Trinajstić information content (AvgIpc) is 2.72. The number of benzene rings is 1. The van der Waals surface area contributed by atoms with Crippen LogP contribution in [-0.2, 0) is 29.1 Å². The van der Waals surface area contributed by atoms with Crippen molar-refractivity contribution in [2.75, 3.05) is 39.5 Å². The molecule has 1 N–H and O–H groups in total. The smallest absolute Gasteiger partial charge is 0.331 e. The molecule has 8 nitrogen and oxygen atoms in total. The van der Waals surface area contributed by atoms with Crippen LogP contribution in [0.5, 0.6) is 0 Å². The van der Waals surface area contributed by atoms with Crippen LogP contribution in [0.1, 0.15) is 25.3 Å². The molecule has 1 aliphatic rings. The number of carbonyl (C=O) groups is 2. The Kier molecular flexibility index (Phi) is 8.62. The zero-order valence-electron chi connectivity index (χ0n) is 15.9. The van der Waals surface area contributed by atoms with E-state index in [9.17, 15) is 18.0 Å². The number of hydrogen-bond acceptors (Lipinski definition) is 6. The van der Waals surface area contributed by atoms with Crippen molar-refractivity contribution in [2.45, 2.75) is 24.7 Å². The van der Waals surface area contributed by atoms with Gasteiger partial charge in [0.1, 0.15) is 0 Å². The van der Waals surface area contributed by atoms with Crippen LogP contribution in [0.4, 0.5) is 0 Å². The van der Waals surface area contributed by atoms with Gasteiger partial charge in [0, 0.05) is 25.7 Å². The first-order valence-corrected chi connectivity index (χ1v) is 10.7. The van der Waals surface area contributed by atoms with Gasteiger partial charge in [-0.1, -0.05) is 25.5 Å². The molecule has 154 valence electrons. The molecule has 1 fully saturated rings. The minimum absolute atomic E-state index is 0.192. The molecule has 0 aliphatic carbocycles. The molecule has 0 saturated carbocycles. The molecule has 0 atom stereocenters. The summed E-state index contributed by atoms with van der Waals surface area (Å²) in [5.41, 5.74) is 0.644. The number of sulfonamides is 1. The summed E-state index contributed by atoms with van der Waals surface area (Å²) >= 11 is 0. The van der Waals surface area contributed by atoms with E-state index in [0.29, 0.717) is 38.4 Å². The number of hydrogen-bond donors (Lipinski definition) is 1. The van der Waals surface area contributed by atoms with Crippen molar-refractivity contribution in [1.82, 2.24) is 9.62 Å². The molecule has 0 unspecified atom stereocenters. The largest absolute Gasteiger partial charge is 0.452 e. The second kappa shape index (κ2) is 10.9. The van der Waals surface area contributed by atoms with Crippen molar-refractivity contribution in [1.29, 1.82) is 0 Å². The molecule has 1 heterocycles. The highest BCUT2D eigenvalue weighted by atomic mass is 32.2. The van der Waals surface area contributed by atoms with Crippen molar-refractivity contribution in [3.8, 4) is 0 Å². The van der Waals surface area contributed by atoms with Gasteiger partial charge in [-0.25, -0.2) is 13.2 Å². The third-order valence-corrected chi connectivity index (χ3v) is 6.01. The number of carbonyl (C=O) groups excluding carboxylic acids is 2. The topological polar surface area (TPSA) is 102 Å². The normalized spacial score (nSPS) is 15.5. The summed E-state index contributed by atoms with van der Waals surface area (Å²) in [4.78, 5) is 23.3. The number of nitrogens with one attached hydrogen (secondary N) is 1. The van der Waals surface area contributed by atoms with Crippen molar-refractivity contribution in [3.05, 3.63) is 35.9 Å². The molecule has 0 radical (unpaired) electrons. The summed E-state index contributed by atoms with van der Waals surface area (Å²) in [6.07, 6.45) is 4.54. The van der Waals surface area contributed by atoms with Crippen LogP contribution in [0, 0.1) is 0 Å². The molecular weight excluding hydrogens is 384 g/mol. The summed E-state index contributed by atoms with van der Waals surface area (Å²) in [6.45, 7) is 3.69. The fourth-order valence-electron chi connectivity index (χ4n) is 2.49. The lowest BCUT2D eigenvalue weighted by Gasteiger charge is -2.26. The lowest BCUT2D eigenvalue weighted by atomic mass is 10.2. The summed E-state index contributed by atoms with van der Waals surface area (Å²) in [6, 6.07) is 6.21. The zero-order valence-corrected chi connectivity index (χ0v) is 16.7. The van der Waals surface area contributed by atoms with Gasteiger partial charge >= 0.3 is 5.97 Å². The Morgan fingerprint density at radius 2 is 1.89 bits per heavy atom. The van der Waals surface area contributed by atoms with Gasteiger partial charge in [0.05, 0.1) is 18.1 Å². The summed E-state index contributed by atoms with van der Waals surface area (Å²) in [7, 11) is -3.54. The van der Waals surface area contributed by atoms with E-state index in [-0.39, 0.29) is 17.4 Å². The third kappa shape index (κ3) is 6.74. The van der Waals surface area contributed by atoms with Crippen molar-refractivity contribution in [2.24, 2.45) is 0 Å². The fraction of sp³-hybridized carbons (Fsp3) is 0.474. The predicted octanol–water partition coefficient (Wildman–Crippen LogP) is 1.18.